The second-order valence-corrected chi connectivity index (χ2v) is 7.65. The molecule has 0 bridgehead atoms. The van der Waals surface area contributed by atoms with Gasteiger partial charge in [0.25, 0.3) is 0 Å². The molecule has 5 rings (SSSR count). The molecule has 31 heavy (non-hydrogen) atoms. The molecule has 0 aliphatic carbocycles. The van der Waals surface area contributed by atoms with E-state index in [2.05, 4.69) is 10.3 Å². The fourth-order valence-electron chi connectivity index (χ4n) is 4.05. The van der Waals surface area contributed by atoms with Crippen LogP contribution in [-0.2, 0) is 0 Å². The van der Waals surface area contributed by atoms with Gasteiger partial charge in [0.15, 0.2) is 5.11 Å². The minimum atomic E-state index is -0.296. The molecule has 0 radical (unpaired) electrons. The standard InChI is InChI=1S/C24H19FN4OS/c25-16-10-12-17(13-11-16)28-15-5-8-20(28)23-22(18-6-3-4-14-26-18)27-24(31)29(23)19-7-1-2-9-21(19)30/h1-15,22-23,30H,(H,27,31)/t22-,23+/m1/s1. The van der Waals surface area contributed by atoms with E-state index in [1.807, 2.05) is 58.1 Å². The molecule has 5 nitrogen and oxygen atoms in total. The van der Waals surface area contributed by atoms with Gasteiger partial charge in [-0.2, -0.15) is 0 Å². The van der Waals surface area contributed by atoms with Gasteiger partial charge in [-0.3, -0.25) is 4.98 Å². The van der Waals surface area contributed by atoms with Crippen molar-refractivity contribution in [1.82, 2.24) is 14.9 Å². The molecule has 0 saturated carbocycles. The number of benzene rings is 2. The van der Waals surface area contributed by atoms with Crippen LogP contribution >= 0.6 is 12.2 Å². The molecule has 3 heterocycles. The molecular formula is C24H19FN4OS. The number of hydrogen-bond acceptors (Lipinski definition) is 3. The first kappa shape index (κ1) is 19.3. The number of rotatable bonds is 4. The number of phenolic OH excluding ortho intramolecular Hbond substituents is 1. The van der Waals surface area contributed by atoms with Gasteiger partial charge in [-0.1, -0.05) is 18.2 Å². The Morgan fingerprint density at radius 1 is 0.935 bits per heavy atom. The van der Waals surface area contributed by atoms with Gasteiger partial charge < -0.3 is 19.9 Å². The zero-order valence-electron chi connectivity index (χ0n) is 16.4. The van der Waals surface area contributed by atoms with E-state index in [1.165, 1.54) is 12.1 Å². The van der Waals surface area contributed by atoms with Gasteiger partial charge >= 0.3 is 0 Å². The molecule has 1 saturated heterocycles. The minimum absolute atomic E-state index is 0.137. The Hall–Kier alpha value is -3.71. The van der Waals surface area contributed by atoms with Crippen molar-refractivity contribution in [3.63, 3.8) is 0 Å². The monoisotopic (exact) mass is 430 g/mol. The zero-order valence-corrected chi connectivity index (χ0v) is 17.2. The number of para-hydroxylation sites is 2. The van der Waals surface area contributed by atoms with E-state index in [0.717, 1.165) is 17.1 Å². The fraction of sp³-hybridized carbons (Fsp3) is 0.0833. The fourth-order valence-corrected chi connectivity index (χ4v) is 4.39. The summed E-state index contributed by atoms with van der Waals surface area (Å²) in [6, 6.07) is 22.6. The van der Waals surface area contributed by atoms with Crippen molar-refractivity contribution in [1.29, 1.82) is 0 Å². The van der Waals surface area contributed by atoms with E-state index in [1.54, 1.807) is 30.5 Å². The van der Waals surface area contributed by atoms with E-state index in [9.17, 15) is 9.50 Å². The van der Waals surface area contributed by atoms with Crippen molar-refractivity contribution in [3.8, 4) is 11.4 Å². The lowest BCUT2D eigenvalue weighted by atomic mass is 10.0. The average Bonchev–Trinajstić information content (AvgIpc) is 3.40. The first-order valence-electron chi connectivity index (χ1n) is 9.85. The Kier molecular flexibility index (Phi) is 4.88. The third-order valence-corrected chi connectivity index (χ3v) is 5.74. The molecule has 0 unspecified atom stereocenters. The van der Waals surface area contributed by atoms with Crippen LogP contribution in [0.25, 0.3) is 5.69 Å². The van der Waals surface area contributed by atoms with Crippen molar-refractivity contribution >= 4 is 23.0 Å². The number of halogens is 1. The van der Waals surface area contributed by atoms with E-state index in [-0.39, 0.29) is 23.7 Å². The number of nitrogens with one attached hydrogen (secondary N) is 1. The van der Waals surface area contributed by atoms with E-state index in [4.69, 9.17) is 12.2 Å². The lowest BCUT2D eigenvalue weighted by Gasteiger charge is -2.29. The van der Waals surface area contributed by atoms with Crippen molar-refractivity contribution in [2.24, 2.45) is 0 Å². The Morgan fingerprint density at radius 3 is 2.45 bits per heavy atom. The lowest BCUT2D eigenvalue weighted by molar-refractivity contribution is 0.472. The molecule has 0 spiro atoms. The molecule has 2 aromatic carbocycles. The second kappa shape index (κ2) is 7.85. The Balaban J connectivity index is 1.68. The van der Waals surface area contributed by atoms with Crippen LogP contribution in [0.4, 0.5) is 10.1 Å². The second-order valence-electron chi connectivity index (χ2n) is 7.26. The maximum atomic E-state index is 13.5. The largest absolute Gasteiger partial charge is 0.506 e. The molecule has 4 aromatic rings. The number of anilines is 1. The van der Waals surface area contributed by atoms with Crippen molar-refractivity contribution in [2.75, 3.05) is 4.90 Å². The lowest BCUT2D eigenvalue weighted by Crippen LogP contribution is -2.30. The van der Waals surface area contributed by atoms with Crippen LogP contribution in [0.2, 0.25) is 0 Å². The smallest absolute Gasteiger partial charge is 0.174 e. The summed E-state index contributed by atoms with van der Waals surface area (Å²) in [6.07, 6.45) is 3.68. The summed E-state index contributed by atoms with van der Waals surface area (Å²) in [5.74, 6) is -0.151. The first-order chi connectivity index (χ1) is 15.1. The topological polar surface area (TPSA) is 53.3 Å². The molecule has 154 valence electrons. The van der Waals surface area contributed by atoms with Gasteiger partial charge in [-0.15, -0.1) is 0 Å². The maximum absolute atomic E-state index is 13.5. The summed E-state index contributed by atoms with van der Waals surface area (Å²) >= 11 is 5.70. The molecule has 0 amide bonds. The molecule has 1 fully saturated rings. The van der Waals surface area contributed by atoms with Crippen LogP contribution < -0.4 is 10.2 Å². The predicted octanol–water partition coefficient (Wildman–Crippen LogP) is 4.89. The van der Waals surface area contributed by atoms with E-state index in [0.29, 0.717) is 10.8 Å². The summed E-state index contributed by atoms with van der Waals surface area (Å²) in [5.41, 5.74) is 3.20. The number of phenols is 1. The van der Waals surface area contributed by atoms with Crippen molar-refractivity contribution in [3.05, 3.63) is 108 Å². The number of hydrogen-bond donors (Lipinski definition) is 2. The minimum Gasteiger partial charge on any atom is -0.506 e. The first-order valence-corrected chi connectivity index (χ1v) is 10.3. The summed E-state index contributed by atoms with van der Waals surface area (Å²) in [4.78, 5) is 6.47. The third kappa shape index (κ3) is 3.43. The van der Waals surface area contributed by atoms with Crippen LogP contribution in [0.1, 0.15) is 23.5 Å². The van der Waals surface area contributed by atoms with Gasteiger partial charge in [0.1, 0.15) is 17.6 Å². The number of aromatic hydroxyl groups is 1. The number of pyridine rings is 1. The summed E-state index contributed by atoms with van der Waals surface area (Å²) in [5, 5.41) is 14.5. The van der Waals surface area contributed by atoms with E-state index >= 15 is 0 Å². The Morgan fingerprint density at radius 2 is 1.71 bits per heavy atom. The number of thiocarbonyl (C=S) groups is 1. The predicted molar refractivity (Wildman–Crippen MR) is 122 cm³/mol. The quantitative estimate of drug-likeness (QED) is 0.452. The molecule has 2 N–H and O–H groups in total. The van der Waals surface area contributed by atoms with Crippen LogP contribution in [0, 0.1) is 5.82 Å². The maximum Gasteiger partial charge on any atom is 0.174 e. The summed E-state index contributed by atoms with van der Waals surface area (Å²) < 4.78 is 15.5. The SMILES string of the molecule is Oc1ccccc1N1C(=S)N[C@H](c2ccccn2)[C@@H]1c1cccn1-c1ccc(F)cc1. The normalized spacial score (nSPS) is 18.2. The Labute approximate surface area is 184 Å². The molecule has 2 aromatic heterocycles. The number of nitrogens with zero attached hydrogens (tertiary/aromatic N) is 3. The summed E-state index contributed by atoms with van der Waals surface area (Å²) in [6.45, 7) is 0. The average molecular weight is 431 g/mol. The highest BCUT2D eigenvalue weighted by Gasteiger charge is 2.42. The highest BCUT2D eigenvalue weighted by Crippen LogP contribution is 2.44. The summed E-state index contributed by atoms with van der Waals surface area (Å²) in [7, 11) is 0. The third-order valence-electron chi connectivity index (χ3n) is 5.43. The van der Waals surface area contributed by atoms with Crippen molar-refractivity contribution in [2.45, 2.75) is 12.1 Å². The van der Waals surface area contributed by atoms with Gasteiger partial charge in [0.2, 0.25) is 0 Å². The van der Waals surface area contributed by atoms with Gasteiger partial charge in [-0.25, -0.2) is 4.39 Å². The molecular weight excluding hydrogens is 411 g/mol. The van der Waals surface area contributed by atoms with Gasteiger partial charge in [0.05, 0.1) is 17.4 Å². The Bertz CT molecular complexity index is 1230. The molecule has 1 aliphatic rings. The zero-order chi connectivity index (χ0) is 21.4. The van der Waals surface area contributed by atoms with Crippen LogP contribution in [-0.4, -0.2) is 19.8 Å². The van der Waals surface area contributed by atoms with Crippen LogP contribution in [0.5, 0.6) is 5.75 Å². The highest BCUT2D eigenvalue weighted by molar-refractivity contribution is 7.80. The van der Waals surface area contributed by atoms with Crippen LogP contribution in [0.15, 0.2) is 91.3 Å². The van der Waals surface area contributed by atoms with Gasteiger partial charge in [-0.05, 0) is 72.9 Å². The number of aromatic nitrogens is 2. The van der Waals surface area contributed by atoms with Crippen LogP contribution in [0.3, 0.4) is 0 Å². The molecule has 7 heteroatoms. The van der Waals surface area contributed by atoms with Gasteiger partial charge in [0, 0.05) is 23.8 Å². The van der Waals surface area contributed by atoms with Crippen molar-refractivity contribution < 1.29 is 9.50 Å². The molecule has 1 aliphatic heterocycles. The highest BCUT2D eigenvalue weighted by atomic mass is 32.1. The molecule has 2 atom stereocenters. The van der Waals surface area contributed by atoms with E-state index < -0.39 is 0 Å².